The minimum Gasteiger partial charge on any atom is -0.326 e. The lowest BCUT2D eigenvalue weighted by molar-refractivity contribution is -0.137. The molecule has 0 fully saturated rings. The summed E-state index contributed by atoms with van der Waals surface area (Å²) in [6.07, 6.45) is 1.34. The second-order valence-corrected chi connectivity index (χ2v) is 3.06. The van der Waals surface area contributed by atoms with Crippen LogP contribution in [0.15, 0.2) is 11.6 Å². The summed E-state index contributed by atoms with van der Waals surface area (Å²) in [5.41, 5.74) is 5.96. The topological polar surface area (TPSA) is 63.4 Å². The zero-order valence-corrected chi connectivity index (χ0v) is 7.20. The number of imide groups is 1. The summed E-state index contributed by atoms with van der Waals surface area (Å²) < 4.78 is 0. The third-order valence-corrected chi connectivity index (χ3v) is 1.66. The first-order valence-electron chi connectivity index (χ1n) is 3.82. The van der Waals surface area contributed by atoms with Gasteiger partial charge in [-0.15, -0.1) is 0 Å². The van der Waals surface area contributed by atoms with Crippen molar-refractivity contribution < 1.29 is 9.59 Å². The Morgan fingerprint density at radius 3 is 2.50 bits per heavy atom. The van der Waals surface area contributed by atoms with Crippen molar-refractivity contribution in [2.75, 3.05) is 6.54 Å². The van der Waals surface area contributed by atoms with E-state index in [9.17, 15) is 9.59 Å². The van der Waals surface area contributed by atoms with Crippen LogP contribution in [0.5, 0.6) is 0 Å². The molecule has 0 radical (unpaired) electrons. The van der Waals surface area contributed by atoms with Gasteiger partial charge in [-0.25, -0.2) is 0 Å². The third-order valence-electron chi connectivity index (χ3n) is 1.66. The molecule has 2 amide bonds. The van der Waals surface area contributed by atoms with Gasteiger partial charge >= 0.3 is 0 Å². The second kappa shape index (κ2) is 3.06. The molecule has 12 heavy (non-hydrogen) atoms. The molecule has 0 aromatic heterocycles. The van der Waals surface area contributed by atoms with E-state index in [-0.39, 0.29) is 17.9 Å². The SMILES string of the molecule is CC1=CC(=O)N(CC(C)N)C1=O. The summed E-state index contributed by atoms with van der Waals surface area (Å²) >= 11 is 0. The summed E-state index contributed by atoms with van der Waals surface area (Å²) in [6.45, 7) is 3.68. The maximum Gasteiger partial charge on any atom is 0.256 e. The van der Waals surface area contributed by atoms with Crippen LogP contribution in [0.4, 0.5) is 0 Å². The lowest BCUT2D eigenvalue weighted by Gasteiger charge is -2.16. The molecular weight excluding hydrogens is 156 g/mol. The number of amides is 2. The predicted octanol–water partition coefficient (Wildman–Crippen LogP) is -0.351. The van der Waals surface area contributed by atoms with Crippen LogP contribution in [0, 0.1) is 0 Å². The Balaban J connectivity index is 2.70. The van der Waals surface area contributed by atoms with Gasteiger partial charge in [-0.1, -0.05) is 0 Å². The Kier molecular flexibility index (Phi) is 2.28. The molecule has 0 aliphatic carbocycles. The van der Waals surface area contributed by atoms with Crippen molar-refractivity contribution in [3.8, 4) is 0 Å². The van der Waals surface area contributed by atoms with Crippen LogP contribution in [0.1, 0.15) is 13.8 Å². The number of hydrogen-bond acceptors (Lipinski definition) is 3. The molecule has 2 N–H and O–H groups in total. The second-order valence-electron chi connectivity index (χ2n) is 3.06. The normalized spacial score (nSPS) is 19.9. The summed E-state index contributed by atoms with van der Waals surface area (Å²) in [5.74, 6) is -0.480. The standard InChI is InChI=1S/C8H12N2O2/c1-5-3-7(11)10(8(5)12)4-6(2)9/h3,6H,4,9H2,1-2H3. The van der Waals surface area contributed by atoms with E-state index in [1.54, 1.807) is 13.8 Å². The highest BCUT2D eigenvalue weighted by Gasteiger charge is 2.28. The molecule has 1 rings (SSSR count). The molecule has 0 saturated heterocycles. The van der Waals surface area contributed by atoms with Gasteiger partial charge in [0, 0.05) is 24.2 Å². The van der Waals surface area contributed by atoms with E-state index in [2.05, 4.69) is 0 Å². The van der Waals surface area contributed by atoms with Gasteiger partial charge in [0.25, 0.3) is 11.8 Å². The summed E-state index contributed by atoms with van der Waals surface area (Å²) in [5, 5.41) is 0. The molecule has 0 aromatic carbocycles. The Bertz CT molecular complexity index is 256. The van der Waals surface area contributed by atoms with Gasteiger partial charge in [-0.3, -0.25) is 14.5 Å². The van der Waals surface area contributed by atoms with Crippen LogP contribution in [-0.2, 0) is 9.59 Å². The number of carbonyl (C=O) groups excluding carboxylic acids is 2. The Hall–Kier alpha value is -1.16. The summed E-state index contributed by atoms with van der Waals surface area (Å²) in [7, 11) is 0. The molecule has 0 aromatic rings. The molecule has 4 nitrogen and oxygen atoms in total. The van der Waals surface area contributed by atoms with E-state index >= 15 is 0 Å². The van der Waals surface area contributed by atoms with Gasteiger partial charge in [0.15, 0.2) is 0 Å². The van der Waals surface area contributed by atoms with Crippen LogP contribution in [0.25, 0.3) is 0 Å². The first-order chi connectivity index (χ1) is 5.52. The zero-order valence-electron chi connectivity index (χ0n) is 7.20. The molecule has 0 bridgehead atoms. The lowest BCUT2D eigenvalue weighted by atomic mass is 10.3. The van der Waals surface area contributed by atoms with Crippen LogP contribution in [0.3, 0.4) is 0 Å². The fourth-order valence-corrected chi connectivity index (χ4v) is 1.10. The molecule has 1 heterocycles. The van der Waals surface area contributed by atoms with Gasteiger partial charge in [0.1, 0.15) is 0 Å². The highest BCUT2D eigenvalue weighted by Crippen LogP contribution is 2.11. The van der Waals surface area contributed by atoms with Gasteiger partial charge in [-0.05, 0) is 13.8 Å². The molecule has 0 spiro atoms. The number of hydrogen-bond donors (Lipinski definition) is 1. The predicted molar refractivity (Wildman–Crippen MR) is 44.1 cm³/mol. The average Bonchev–Trinajstić information content (AvgIpc) is 2.16. The van der Waals surface area contributed by atoms with Crippen molar-refractivity contribution in [1.82, 2.24) is 4.90 Å². The van der Waals surface area contributed by atoms with E-state index in [0.29, 0.717) is 12.1 Å². The van der Waals surface area contributed by atoms with E-state index in [1.807, 2.05) is 0 Å². The van der Waals surface area contributed by atoms with E-state index in [0.717, 1.165) is 0 Å². The third kappa shape index (κ3) is 1.53. The number of nitrogens with two attached hydrogens (primary N) is 1. The van der Waals surface area contributed by atoms with Crippen molar-refractivity contribution in [1.29, 1.82) is 0 Å². The number of nitrogens with zero attached hydrogens (tertiary/aromatic N) is 1. The van der Waals surface area contributed by atoms with Gasteiger partial charge < -0.3 is 5.73 Å². The Labute approximate surface area is 71.0 Å². The van der Waals surface area contributed by atoms with Gasteiger partial charge in [-0.2, -0.15) is 0 Å². The molecule has 66 valence electrons. The Morgan fingerprint density at radius 1 is 1.58 bits per heavy atom. The monoisotopic (exact) mass is 168 g/mol. The smallest absolute Gasteiger partial charge is 0.256 e. The van der Waals surface area contributed by atoms with E-state index < -0.39 is 0 Å². The van der Waals surface area contributed by atoms with Crippen molar-refractivity contribution in [3.63, 3.8) is 0 Å². The Morgan fingerprint density at radius 2 is 2.17 bits per heavy atom. The highest BCUT2D eigenvalue weighted by atomic mass is 16.2. The van der Waals surface area contributed by atoms with Gasteiger partial charge in [0.05, 0.1) is 0 Å². The first kappa shape index (κ1) is 8.93. The first-order valence-corrected chi connectivity index (χ1v) is 3.82. The van der Waals surface area contributed by atoms with Gasteiger partial charge in [0.2, 0.25) is 0 Å². The maximum atomic E-state index is 11.2. The van der Waals surface area contributed by atoms with Crippen LogP contribution in [0.2, 0.25) is 0 Å². The molecule has 1 unspecified atom stereocenters. The maximum absolute atomic E-state index is 11.2. The molecule has 1 aliphatic heterocycles. The fraction of sp³-hybridized carbons (Fsp3) is 0.500. The van der Waals surface area contributed by atoms with Crippen molar-refractivity contribution in [2.45, 2.75) is 19.9 Å². The molecule has 4 heteroatoms. The fourth-order valence-electron chi connectivity index (χ4n) is 1.10. The van der Waals surface area contributed by atoms with Crippen molar-refractivity contribution in [3.05, 3.63) is 11.6 Å². The molecule has 0 saturated carbocycles. The quantitative estimate of drug-likeness (QED) is 0.573. The van der Waals surface area contributed by atoms with E-state index in [1.165, 1.54) is 11.0 Å². The number of rotatable bonds is 2. The van der Waals surface area contributed by atoms with Crippen molar-refractivity contribution >= 4 is 11.8 Å². The summed E-state index contributed by atoms with van der Waals surface area (Å²) in [4.78, 5) is 23.5. The minimum atomic E-state index is -0.255. The highest BCUT2D eigenvalue weighted by molar-refractivity contribution is 6.15. The summed E-state index contributed by atoms with van der Waals surface area (Å²) in [6, 6.07) is -0.169. The van der Waals surface area contributed by atoms with Crippen LogP contribution >= 0.6 is 0 Å². The largest absolute Gasteiger partial charge is 0.326 e. The molecule has 1 atom stereocenters. The average molecular weight is 168 g/mol. The van der Waals surface area contributed by atoms with Crippen LogP contribution < -0.4 is 5.73 Å². The van der Waals surface area contributed by atoms with E-state index in [4.69, 9.17) is 5.73 Å². The molecular formula is C8H12N2O2. The molecule has 1 aliphatic rings. The lowest BCUT2D eigenvalue weighted by Crippen LogP contribution is -2.39. The zero-order chi connectivity index (χ0) is 9.30. The number of carbonyl (C=O) groups is 2. The van der Waals surface area contributed by atoms with Crippen LogP contribution in [-0.4, -0.2) is 29.3 Å². The van der Waals surface area contributed by atoms with Crippen molar-refractivity contribution in [2.24, 2.45) is 5.73 Å². The minimum absolute atomic E-state index is 0.169.